The van der Waals surface area contributed by atoms with E-state index in [2.05, 4.69) is 45.1 Å². The van der Waals surface area contributed by atoms with E-state index < -0.39 is 0 Å². The smallest absolute Gasteiger partial charge is 0.237 e. The van der Waals surface area contributed by atoms with Gasteiger partial charge in [-0.25, -0.2) is 0 Å². The fraction of sp³-hybridized carbons (Fsp3) is 0.643. The summed E-state index contributed by atoms with van der Waals surface area (Å²) in [5.74, 6) is 1.41. The molecule has 0 radical (unpaired) electrons. The van der Waals surface area contributed by atoms with Crippen LogP contribution in [0.5, 0.6) is 5.88 Å². The van der Waals surface area contributed by atoms with Crippen LogP contribution >= 0.6 is 11.3 Å². The first-order chi connectivity index (χ1) is 9.69. The van der Waals surface area contributed by atoms with Crippen LogP contribution in [0.15, 0.2) is 11.6 Å². The Bertz CT molecular complexity index is 579. The number of aromatic nitrogens is 2. The summed E-state index contributed by atoms with van der Waals surface area (Å²) in [5.41, 5.74) is 1.12. The van der Waals surface area contributed by atoms with Crippen molar-refractivity contribution >= 4 is 16.3 Å². The number of ether oxygens (including phenoxy) is 1. The van der Waals surface area contributed by atoms with Crippen molar-refractivity contribution in [2.24, 2.45) is 5.92 Å². The summed E-state index contributed by atoms with van der Waals surface area (Å²) in [4.78, 5) is 7.89. The Morgan fingerprint density at radius 1 is 1.55 bits per heavy atom. The van der Waals surface area contributed by atoms with Gasteiger partial charge in [0.25, 0.3) is 0 Å². The first kappa shape index (κ1) is 13.9. The number of hydrogen-bond acceptors (Lipinski definition) is 5. The predicted molar refractivity (Wildman–Crippen MR) is 81.5 cm³/mol. The number of methoxy groups -OCH3 is 1. The molecule has 3 heterocycles. The second-order valence-corrected chi connectivity index (χ2v) is 6.51. The normalized spacial score (nSPS) is 24.4. The summed E-state index contributed by atoms with van der Waals surface area (Å²) in [5, 5.41) is 5.75. The standard InChI is InChI=1S/C14H22N4OS/c1-10-9-17(2)5-4-11(10)15-8-12-13(19-3)16-14-18(12)6-7-20-14/h6-7,10-11,15H,4-5,8-9H2,1-3H3. The summed E-state index contributed by atoms with van der Waals surface area (Å²) in [7, 11) is 3.88. The highest BCUT2D eigenvalue weighted by Gasteiger charge is 2.24. The number of piperidine rings is 1. The summed E-state index contributed by atoms with van der Waals surface area (Å²) < 4.78 is 7.52. The van der Waals surface area contributed by atoms with Crippen LogP contribution in [0.3, 0.4) is 0 Å². The zero-order valence-corrected chi connectivity index (χ0v) is 13.1. The lowest BCUT2D eigenvalue weighted by Gasteiger charge is -2.35. The predicted octanol–water partition coefficient (Wildman–Crippen LogP) is 1.83. The van der Waals surface area contributed by atoms with Gasteiger partial charge in [-0.3, -0.25) is 4.40 Å². The van der Waals surface area contributed by atoms with E-state index in [9.17, 15) is 0 Å². The number of rotatable bonds is 4. The zero-order valence-electron chi connectivity index (χ0n) is 12.3. The van der Waals surface area contributed by atoms with Gasteiger partial charge in [0.05, 0.1) is 7.11 Å². The molecular weight excluding hydrogens is 272 g/mol. The highest BCUT2D eigenvalue weighted by Crippen LogP contribution is 2.24. The SMILES string of the molecule is COc1nc2sccn2c1CNC1CCN(C)CC1C. The van der Waals surface area contributed by atoms with Crippen molar-refractivity contribution in [1.29, 1.82) is 0 Å². The number of imidazole rings is 1. The molecule has 5 nitrogen and oxygen atoms in total. The topological polar surface area (TPSA) is 41.8 Å². The molecule has 0 bridgehead atoms. The van der Waals surface area contributed by atoms with E-state index in [1.165, 1.54) is 13.0 Å². The summed E-state index contributed by atoms with van der Waals surface area (Å²) >= 11 is 1.64. The third-order valence-corrected chi connectivity index (χ3v) is 4.91. The molecule has 2 aromatic heterocycles. The van der Waals surface area contributed by atoms with E-state index in [4.69, 9.17) is 4.74 Å². The van der Waals surface area contributed by atoms with Crippen molar-refractivity contribution in [2.75, 3.05) is 27.2 Å². The Labute approximate surface area is 123 Å². The largest absolute Gasteiger partial charge is 0.480 e. The van der Waals surface area contributed by atoms with Crippen LogP contribution in [0, 0.1) is 5.92 Å². The first-order valence-electron chi connectivity index (χ1n) is 7.09. The number of fused-ring (bicyclic) bond motifs is 1. The average molecular weight is 294 g/mol. The quantitative estimate of drug-likeness (QED) is 0.934. The highest BCUT2D eigenvalue weighted by molar-refractivity contribution is 7.15. The molecule has 0 spiro atoms. The number of likely N-dealkylation sites (tertiary alicyclic amines) is 1. The van der Waals surface area contributed by atoms with Crippen molar-refractivity contribution in [3.05, 3.63) is 17.3 Å². The van der Waals surface area contributed by atoms with Gasteiger partial charge in [0.2, 0.25) is 5.88 Å². The van der Waals surface area contributed by atoms with Gasteiger partial charge in [0, 0.05) is 30.7 Å². The van der Waals surface area contributed by atoms with Gasteiger partial charge in [0.1, 0.15) is 5.69 Å². The molecule has 0 aromatic carbocycles. The van der Waals surface area contributed by atoms with E-state index in [1.807, 2.05) is 0 Å². The Hall–Kier alpha value is -1.11. The maximum absolute atomic E-state index is 5.40. The lowest BCUT2D eigenvalue weighted by atomic mass is 9.94. The fourth-order valence-corrected chi connectivity index (χ4v) is 3.75. The lowest BCUT2D eigenvalue weighted by Crippen LogP contribution is -2.46. The molecule has 1 aliphatic rings. The first-order valence-corrected chi connectivity index (χ1v) is 7.97. The number of nitrogens with one attached hydrogen (secondary N) is 1. The molecule has 6 heteroatoms. The summed E-state index contributed by atoms with van der Waals surface area (Å²) in [6, 6.07) is 0.570. The summed E-state index contributed by atoms with van der Waals surface area (Å²) in [6.45, 7) is 5.45. The van der Waals surface area contributed by atoms with Gasteiger partial charge in [-0.1, -0.05) is 6.92 Å². The van der Waals surface area contributed by atoms with Gasteiger partial charge >= 0.3 is 0 Å². The van der Waals surface area contributed by atoms with Gasteiger partial charge < -0.3 is 15.0 Å². The van der Waals surface area contributed by atoms with Crippen LogP contribution in [0.2, 0.25) is 0 Å². The Morgan fingerprint density at radius 3 is 3.15 bits per heavy atom. The molecule has 1 aliphatic heterocycles. The second kappa shape index (κ2) is 5.71. The minimum atomic E-state index is 0.570. The van der Waals surface area contributed by atoms with Crippen LogP contribution in [0.25, 0.3) is 4.96 Å². The van der Waals surface area contributed by atoms with Crippen LogP contribution in [0.1, 0.15) is 19.0 Å². The molecule has 0 amide bonds. The van der Waals surface area contributed by atoms with Crippen LogP contribution in [-0.4, -0.2) is 47.6 Å². The molecule has 3 rings (SSSR count). The van der Waals surface area contributed by atoms with Crippen molar-refractivity contribution < 1.29 is 4.74 Å². The monoisotopic (exact) mass is 294 g/mol. The zero-order chi connectivity index (χ0) is 14.1. The van der Waals surface area contributed by atoms with Gasteiger partial charge in [-0.2, -0.15) is 4.98 Å². The molecule has 2 aromatic rings. The molecule has 2 atom stereocenters. The van der Waals surface area contributed by atoms with Crippen molar-refractivity contribution in [3.8, 4) is 5.88 Å². The fourth-order valence-electron chi connectivity index (χ4n) is 3.02. The van der Waals surface area contributed by atoms with Gasteiger partial charge in [0.15, 0.2) is 4.96 Å². The van der Waals surface area contributed by atoms with E-state index in [0.29, 0.717) is 12.0 Å². The summed E-state index contributed by atoms with van der Waals surface area (Å²) in [6.07, 6.45) is 3.26. The molecule has 1 fully saturated rings. The number of thiazole rings is 1. The Kier molecular flexibility index (Phi) is 3.96. The minimum Gasteiger partial charge on any atom is -0.480 e. The van der Waals surface area contributed by atoms with Crippen LogP contribution in [0.4, 0.5) is 0 Å². The van der Waals surface area contributed by atoms with Crippen LogP contribution < -0.4 is 10.1 Å². The third kappa shape index (κ3) is 2.55. The highest BCUT2D eigenvalue weighted by atomic mass is 32.1. The molecule has 2 unspecified atom stereocenters. The lowest BCUT2D eigenvalue weighted by molar-refractivity contribution is 0.173. The maximum atomic E-state index is 5.40. The second-order valence-electron chi connectivity index (χ2n) is 5.64. The van der Waals surface area contributed by atoms with E-state index >= 15 is 0 Å². The van der Waals surface area contributed by atoms with E-state index in [-0.39, 0.29) is 0 Å². The van der Waals surface area contributed by atoms with Gasteiger partial charge in [-0.05, 0) is 25.9 Å². The molecule has 0 aliphatic carbocycles. The minimum absolute atomic E-state index is 0.570. The Balaban J connectivity index is 1.71. The maximum Gasteiger partial charge on any atom is 0.237 e. The average Bonchev–Trinajstić information content (AvgIpc) is 2.98. The van der Waals surface area contributed by atoms with E-state index in [0.717, 1.165) is 29.6 Å². The number of nitrogens with zero attached hydrogens (tertiary/aromatic N) is 3. The van der Waals surface area contributed by atoms with Crippen molar-refractivity contribution in [2.45, 2.75) is 25.9 Å². The molecular formula is C14H22N4OS. The number of hydrogen-bond donors (Lipinski definition) is 1. The molecule has 1 saturated heterocycles. The molecule has 0 saturated carbocycles. The third-order valence-electron chi connectivity index (χ3n) is 4.16. The molecule has 20 heavy (non-hydrogen) atoms. The van der Waals surface area contributed by atoms with Gasteiger partial charge in [-0.15, -0.1) is 11.3 Å². The van der Waals surface area contributed by atoms with Crippen molar-refractivity contribution in [1.82, 2.24) is 19.6 Å². The van der Waals surface area contributed by atoms with Crippen LogP contribution in [-0.2, 0) is 6.54 Å². The van der Waals surface area contributed by atoms with E-state index in [1.54, 1.807) is 18.4 Å². The molecule has 1 N–H and O–H groups in total. The van der Waals surface area contributed by atoms with Crippen molar-refractivity contribution in [3.63, 3.8) is 0 Å². The molecule has 110 valence electrons. The Morgan fingerprint density at radius 2 is 2.40 bits per heavy atom.